The molecule has 1 heterocycles. The summed E-state index contributed by atoms with van der Waals surface area (Å²) in [4.78, 5) is 3.85. The summed E-state index contributed by atoms with van der Waals surface area (Å²) in [5.74, 6) is 0. The second kappa shape index (κ2) is 2.35. The maximum Gasteiger partial charge on any atom is 0.0270 e. The molecule has 7 heavy (non-hydrogen) atoms. The fourth-order valence-corrected chi connectivity index (χ4v) is 0.395. The van der Waals surface area contributed by atoms with Crippen LogP contribution in [0.1, 0.15) is 6.42 Å². The zero-order valence-corrected chi connectivity index (χ0v) is 3.96. The Hall–Kier alpha value is -0.850. The van der Waals surface area contributed by atoms with E-state index in [-0.39, 0.29) is 0 Å². The summed E-state index contributed by atoms with van der Waals surface area (Å²) in [6, 6.07) is 0. The highest BCUT2D eigenvalue weighted by Gasteiger charge is 1.72. The average Bonchev–Trinajstić information content (AvgIpc) is 1.90. The molecular formula is C6H6N. The van der Waals surface area contributed by atoms with Gasteiger partial charge in [0.15, 0.2) is 0 Å². The summed E-state index contributed by atoms with van der Waals surface area (Å²) in [5.41, 5.74) is 0. The molecule has 0 saturated heterocycles. The highest BCUT2D eigenvalue weighted by atomic mass is 14.7. The lowest BCUT2D eigenvalue weighted by Crippen LogP contribution is -1.55. The van der Waals surface area contributed by atoms with Crippen molar-refractivity contribution in [3.8, 4) is 0 Å². The summed E-state index contributed by atoms with van der Waals surface area (Å²) in [6.07, 6.45) is 11.2. The molecule has 1 nitrogen and oxygen atoms in total. The van der Waals surface area contributed by atoms with Gasteiger partial charge in [0.2, 0.25) is 0 Å². The molecule has 0 aromatic carbocycles. The third-order valence-corrected chi connectivity index (χ3v) is 0.706. The maximum absolute atomic E-state index is 3.85. The minimum atomic E-state index is 0.889. The summed E-state index contributed by atoms with van der Waals surface area (Å²) >= 11 is 0. The van der Waals surface area contributed by atoms with Gasteiger partial charge >= 0.3 is 0 Å². The van der Waals surface area contributed by atoms with E-state index in [0.29, 0.717) is 0 Å². The van der Waals surface area contributed by atoms with Crippen molar-refractivity contribution in [3.05, 3.63) is 24.4 Å². The van der Waals surface area contributed by atoms with Crippen LogP contribution in [0.3, 0.4) is 0 Å². The Balaban J connectivity index is 2.60. The third-order valence-electron chi connectivity index (χ3n) is 0.706. The summed E-state index contributed by atoms with van der Waals surface area (Å²) in [6.45, 7) is 0. The molecule has 0 unspecified atom stereocenters. The van der Waals surface area contributed by atoms with Crippen molar-refractivity contribution in [2.75, 3.05) is 0 Å². The SMILES string of the molecule is [C]1=CC=NC=CC1. The molecule has 1 rings (SSSR count). The van der Waals surface area contributed by atoms with Gasteiger partial charge in [-0.05, 0) is 18.6 Å². The van der Waals surface area contributed by atoms with Gasteiger partial charge in [-0.2, -0.15) is 0 Å². The fourth-order valence-electron chi connectivity index (χ4n) is 0.395. The number of rotatable bonds is 0. The van der Waals surface area contributed by atoms with E-state index in [1.54, 1.807) is 12.4 Å². The molecule has 0 atom stereocenters. The molecule has 0 aromatic rings. The van der Waals surface area contributed by atoms with Crippen LogP contribution < -0.4 is 0 Å². The number of allylic oxidation sites excluding steroid dienone is 3. The van der Waals surface area contributed by atoms with Crippen molar-refractivity contribution in [2.24, 2.45) is 4.99 Å². The Kier molecular flexibility index (Phi) is 1.44. The molecule has 0 amide bonds. The smallest absolute Gasteiger partial charge is 0.0270 e. The normalized spacial score (nSPS) is 17.1. The van der Waals surface area contributed by atoms with Gasteiger partial charge in [0.05, 0.1) is 0 Å². The van der Waals surface area contributed by atoms with Crippen LogP contribution in [0.4, 0.5) is 0 Å². The lowest BCUT2D eigenvalue weighted by molar-refractivity contribution is 1.34. The molecule has 0 N–H and O–H groups in total. The first-order chi connectivity index (χ1) is 3.50. The molecule has 0 aliphatic carbocycles. The summed E-state index contributed by atoms with van der Waals surface area (Å²) in [5, 5.41) is 0. The van der Waals surface area contributed by atoms with Crippen molar-refractivity contribution in [1.29, 1.82) is 0 Å². The van der Waals surface area contributed by atoms with Crippen LogP contribution >= 0.6 is 0 Å². The average molecular weight is 92.1 g/mol. The zero-order chi connectivity index (χ0) is 4.95. The molecule has 1 aliphatic rings. The monoisotopic (exact) mass is 92.1 g/mol. The number of hydrogen-bond donors (Lipinski definition) is 0. The summed E-state index contributed by atoms with van der Waals surface area (Å²) in [7, 11) is 0. The van der Waals surface area contributed by atoms with Crippen molar-refractivity contribution < 1.29 is 0 Å². The molecule has 1 radical (unpaired) electrons. The zero-order valence-electron chi connectivity index (χ0n) is 3.96. The lowest BCUT2D eigenvalue weighted by atomic mass is 10.4. The topological polar surface area (TPSA) is 12.4 Å². The van der Waals surface area contributed by atoms with Gasteiger partial charge < -0.3 is 0 Å². The Labute approximate surface area is 43.1 Å². The van der Waals surface area contributed by atoms with E-state index in [1.807, 2.05) is 12.2 Å². The van der Waals surface area contributed by atoms with Crippen LogP contribution in [-0.4, -0.2) is 6.21 Å². The van der Waals surface area contributed by atoms with Crippen molar-refractivity contribution in [3.63, 3.8) is 0 Å². The number of nitrogens with zero attached hydrogens (tertiary/aromatic N) is 1. The second-order valence-corrected chi connectivity index (χ2v) is 1.26. The van der Waals surface area contributed by atoms with Crippen LogP contribution in [-0.2, 0) is 0 Å². The van der Waals surface area contributed by atoms with E-state index < -0.39 is 0 Å². The Bertz CT molecular complexity index is 106. The van der Waals surface area contributed by atoms with Gasteiger partial charge in [-0.25, -0.2) is 0 Å². The van der Waals surface area contributed by atoms with Gasteiger partial charge in [0, 0.05) is 12.4 Å². The quantitative estimate of drug-likeness (QED) is 0.427. The van der Waals surface area contributed by atoms with Gasteiger partial charge in [0.1, 0.15) is 0 Å². The first-order valence-corrected chi connectivity index (χ1v) is 2.23. The van der Waals surface area contributed by atoms with E-state index in [9.17, 15) is 0 Å². The van der Waals surface area contributed by atoms with Crippen LogP contribution in [0.5, 0.6) is 0 Å². The van der Waals surface area contributed by atoms with E-state index >= 15 is 0 Å². The Morgan fingerprint density at radius 1 is 1.57 bits per heavy atom. The second-order valence-electron chi connectivity index (χ2n) is 1.26. The van der Waals surface area contributed by atoms with Gasteiger partial charge in [-0.1, -0.05) is 6.08 Å². The van der Waals surface area contributed by atoms with Gasteiger partial charge in [-0.15, -0.1) is 0 Å². The first-order valence-electron chi connectivity index (χ1n) is 2.23. The van der Waals surface area contributed by atoms with Crippen LogP contribution in [0.2, 0.25) is 0 Å². The molecule has 0 aromatic heterocycles. The van der Waals surface area contributed by atoms with Crippen LogP contribution in [0, 0.1) is 6.08 Å². The molecule has 1 heteroatoms. The molecular weight excluding hydrogens is 86.1 g/mol. The first kappa shape index (κ1) is 4.31. The lowest BCUT2D eigenvalue weighted by Gasteiger charge is -1.67. The number of hydrogen-bond acceptors (Lipinski definition) is 1. The maximum atomic E-state index is 3.85. The third kappa shape index (κ3) is 1.35. The molecule has 0 bridgehead atoms. The molecule has 35 valence electrons. The van der Waals surface area contributed by atoms with Crippen molar-refractivity contribution >= 4 is 6.21 Å². The van der Waals surface area contributed by atoms with Gasteiger partial charge in [-0.3, -0.25) is 4.99 Å². The molecule has 1 aliphatic heterocycles. The Morgan fingerprint density at radius 3 is 3.57 bits per heavy atom. The minimum absolute atomic E-state index is 0.889. The number of aliphatic imine (C=N–C) groups is 1. The standard InChI is InChI=1S/C6H6N/c1-2-4-6-7-5-3-1/h3-6H,1H2. The van der Waals surface area contributed by atoms with Crippen LogP contribution in [0.25, 0.3) is 0 Å². The minimum Gasteiger partial charge on any atom is -0.265 e. The van der Waals surface area contributed by atoms with Crippen molar-refractivity contribution in [2.45, 2.75) is 6.42 Å². The van der Waals surface area contributed by atoms with E-state index in [4.69, 9.17) is 0 Å². The van der Waals surface area contributed by atoms with E-state index in [1.165, 1.54) is 0 Å². The highest BCUT2D eigenvalue weighted by Crippen LogP contribution is 1.87. The van der Waals surface area contributed by atoms with Crippen LogP contribution in [0.15, 0.2) is 23.3 Å². The van der Waals surface area contributed by atoms with E-state index in [0.717, 1.165) is 6.42 Å². The van der Waals surface area contributed by atoms with Gasteiger partial charge in [0.25, 0.3) is 0 Å². The molecule has 0 fully saturated rings. The predicted molar refractivity (Wildman–Crippen MR) is 30.1 cm³/mol. The summed E-state index contributed by atoms with van der Waals surface area (Å²) < 4.78 is 0. The Morgan fingerprint density at radius 2 is 2.57 bits per heavy atom. The molecule has 0 spiro atoms. The molecule has 0 saturated carbocycles. The van der Waals surface area contributed by atoms with E-state index in [2.05, 4.69) is 11.1 Å². The highest BCUT2D eigenvalue weighted by molar-refractivity contribution is 5.71. The largest absolute Gasteiger partial charge is 0.265 e. The fraction of sp³-hybridized carbons (Fsp3) is 0.167. The van der Waals surface area contributed by atoms with Crippen molar-refractivity contribution in [1.82, 2.24) is 0 Å². The predicted octanol–water partition coefficient (Wildman–Crippen LogP) is 1.33.